The van der Waals surface area contributed by atoms with Gasteiger partial charge in [-0.15, -0.1) is 11.3 Å². The summed E-state index contributed by atoms with van der Waals surface area (Å²) in [5.74, 6) is -0.214. The third-order valence-electron chi connectivity index (χ3n) is 4.24. The first-order valence-electron chi connectivity index (χ1n) is 8.58. The summed E-state index contributed by atoms with van der Waals surface area (Å²) >= 11 is 1.61. The minimum atomic E-state index is -0.508. The predicted octanol–water partition coefficient (Wildman–Crippen LogP) is 5.17. The zero-order chi connectivity index (χ0) is 19.5. The molecule has 1 N–H and O–H groups in total. The van der Waals surface area contributed by atoms with E-state index >= 15 is 0 Å². The van der Waals surface area contributed by atoms with E-state index in [2.05, 4.69) is 10.3 Å². The molecule has 0 atom stereocenters. The van der Waals surface area contributed by atoms with E-state index in [0.29, 0.717) is 5.56 Å². The number of fused-ring (bicyclic) bond motifs is 1. The molecule has 0 saturated heterocycles. The van der Waals surface area contributed by atoms with Gasteiger partial charge in [-0.05, 0) is 24.3 Å². The molecule has 0 saturated carbocycles. The molecule has 0 amide bonds. The van der Waals surface area contributed by atoms with Gasteiger partial charge < -0.3 is 5.32 Å². The number of hydrogen-bond donors (Lipinski definition) is 1. The molecule has 4 aromatic rings. The number of nitrogens with one attached hydrogen (secondary N) is 1. The summed E-state index contributed by atoms with van der Waals surface area (Å²) in [5.41, 5.74) is 2.93. The Morgan fingerprint density at radius 2 is 1.86 bits per heavy atom. The van der Waals surface area contributed by atoms with Crippen molar-refractivity contribution in [1.29, 1.82) is 0 Å². The number of benzene rings is 3. The van der Waals surface area contributed by atoms with Crippen LogP contribution in [0.1, 0.15) is 10.4 Å². The zero-order valence-electron chi connectivity index (χ0n) is 14.7. The molecule has 6 nitrogen and oxygen atoms in total. The summed E-state index contributed by atoms with van der Waals surface area (Å²) < 4.78 is 1.12. The number of nitro benzene ring substituents is 1. The lowest BCUT2D eigenvalue weighted by Crippen LogP contribution is -2.14. The van der Waals surface area contributed by atoms with Gasteiger partial charge in [0.15, 0.2) is 5.78 Å². The average molecular weight is 389 g/mol. The molecule has 7 heteroatoms. The van der Waals surface area contributed by atoms with Gasteiger partial charge >= 0.3 is 0 Å². The summed E-state index contributed by atoms with van der Waals surface area (Å²) in [6.07, 6.45) is 0. The molecule has 0 aliphatic rings. The van der Waals surface area contributed by atoms with Crippen LogP contribution in [0, 0.1) is 10.1 Å². The van der Waals surface area contributed by atoms with E-state index in [4.69, 9.17) is 0 Å². The Hall–Kier alpha value is -3.58. The van der Waals surface area contributed by atoms with E-state index in [9.17, 15) is 14.9 Å². The molecule has 28 heavy (non-hydrogen) atoms. The number of rotatable bonds is 6. The Kier molecular flexibility index (Phi) is 4.82. The Labute approximate surface area is 164 Å². The van der Waals surface area contributed by atoms with E-state index in [0.717, 1.165) is 26.5 Å². The number of hydrogen-bond acceptors (Lipinski definition) is 6. The van der Waals surface area contributed by atoms with Crippen LogP contribution in [0.25, 0.3) is 20.8 Å². The molecular weight excluding hydrogens is 374 g/mol. The highest BCUT2D eigenvalue weighted by molar-refractivity contribution is 7.21. The fraction of sp³-hybridized carbons (Fsp3) is 0.0476. The van der Waals surface area contributed by atoms with Crippen molar-refractivity contribution in [2.75, 3.05) is 11.9 Å². The summed E-state index contributed by atoms with van der Waals surface area (Å²) in [7, 11) is 0. The molecule has 0 fully saturated rings. The van der Waals surface area contributed by atoms with Gasteiger partial charge in [-0.25, -0.2) is 4.98 Å². The van der Waals surface area contributed by atoms with Gasteiger partial charge in [0.2, 0.25) is 0 Å². The van der Waals surface area contributed by atoms with Gasteiger partial charge in [-0.2, -0.15) is 0 Å². The van der Waals surface area contributed by atoms with Crippen LogP contribution in [0.4, 0.5) is 11.4 Å². The Bertz CT molecular complexity index is 1150. The third kappa shape index (κ3) is 3.74. The lowest BCUT2D eigenvalue weighted by Gasteiger charge is -2.07. The number of ketones is 1. The second kappa shape index (κ2) is 7.58. The second-order valence-corrected chi connectivity index (χ2v) is 7.18. The van der Waals surface area contributed by atoms with Crippen LogP contribution in [-0.2, 0) is 0 Å². The Morgan fingerprint density at radius 3 is 2.68 bits per heavy atom. The molecule has 0 spiro atoms. The second-order valence-electron chi connectivity index (χ2n) is 6.15. The van der Waals surface area contributed by atoms with E-state index in [-0.39, 0.29) is 18.0 Å². The molecule has 3 aromatic carbocycles. The summed E-state index contributed by atoms with van der Waals surface area (Å²) in [4.78, 5) is 27.4. The third-order valence-corrected chi connectivity index (χ3v) is 5.32. The van der Waals surface area contributed by atoms with Gasteiger partial charge in [0, 0.05) is 28.9 Å². The van der Waals surface area contributed by atoms with Crippen molar-refractivity contribution in [2.24, 2.45) is 0 Å². The first-order valence-corrected chi connectivity index (χ1v) is 9.39. The van der Waals surface area contributed by atoms with Crippen molar-refractivity contribution in [1.82, 2.24) is 4.98 Å². The number of nitro groups is 1. The molecule has 1 heterocycles. The first-order chi connectivity index (χ1) is 13.6. The fourth-order valence-electron chi connectivity index (χ4n) is 2.84. The van der Waals surface area contributed by atoms with Crippen LogP contribution in [0.3, 0.4) is 0 Å². The molecule has 0 bridgehead atoms. The molecule has 1 aromatic heterocycles. The SMILES string of the molecule is O=C(CNc1cccc(-c2nc3ccccc3s2)c1)c1cccc([N+](=O)[O-])c1. The monoisotopic (exact) mass is 389 g/mol. The summed E-state index contributed by atoms with van der Waals surface area (Å²) in [5, 5.41) is 14.9. The number of anilines is 1. The average Bonchev–Trinajstić information content (AvgIpc) is 3.16. The van der Waals surface area contributed by atoms with E-state index in [1.807, 2.05) is 48.5 Å². The Morgan fingerprint density at radius 1 is 1.04 bits per heavy atom. The van der Waals surface area contributed by atoms with E-state index < -0.39 is 4.92 Å². The van der Waals surface area contributed by atoms with Gasteiger partial charge in [-0.1, -0.05) is 36.4 Å². The van der Waals surface area contributed by atoms with Crippen molar-refractivity contribution in [3.8, 4) is 10.6 Å². The lowest BCUT2D eigenvalue weighted by atomic mass is 10.1. The largest absolute Gasteiger partial charge is 0.378 e. The zero-order valence-corrected chi connectivity index (χ0v) is 15.5. The van der Waals surface area contributed by atoms with Crippen LogP contribution < -0.4 is 5.32 Å². The molecule has 0 aliphatic heterocycles. The van der Waals surface area contributed by atoms with Crippen LogP contribution >= 0.6 is 11.3 Å². The number of Topliss-reactive ketones (excluding diaryl/α,β-unsaturated/α-hetero) is 1. The molecule has 0 radical (unpaired) electrons. The maximum Gasteiger partial charge on any atom is 0.270 e. The summed E-state index contributed by atoms with van der Waals surface area (Å²) in [6.45, 7) is 0.0461. The first kappa shape index (κ1) is 17.8. The lowest BCUT2D eigenvalue weighted by molar-refractivity contribution is -0.384. The normalized spacial score (nSPS) is 10.7. The molecule has 0 unspecified atom stereocenters. The molecule has 0 aliphatic carbocycles. The van der Waals surface area contributed by atoms with Gasteiger partial charge in [0.1, 0.15) is 5.01 Å². The van der Waals surface area contributed by atoms with Crippen molar-refractivity contribution in [3.63, 3.8) is 0 Å². The van der Waals surface area contributed by atoms with Crippen molar-refractivity contribution < 1.29 is 9.72 Å². The number of nitrogens with zero attached hydrogens (tertiary/aromatic N) is 2. The Balaban J connectivity index is 1.50. The molecule has 4 rings (SSSR count). The van der Waals surface area contributed by atoms with Crippen LogP contribution in [0.2, 0.25) is 0 Å². The van der Waals surface area contributed by atoms with Crippen molar-refractivity contribution >= 4 is 38.7 Å². The number of para-hydroxylation sites is 1. The number of non-ortho nitro benzene ring substituents is 1. The number of carbonyl (C=O) groups is 1. The van der Waals surface area contributed by atoms with Crippen LogP contribution in [0.5, 0.6) is 0 Å². The van der Waals surface area contributed by atoms with Crippen LogP contribution in [-0.4, -0.2) is 22.2 Å². The highest BCUT2D eigenvalue weighted by Crippen LogP contribution is 2.31. The summed E-state index contributed by atoms with van der Waals surface area (Å²) in [6, 6.07) is 21.4. The maximum atomic E-state index is 12.4. The number of thiazole rings is 1. The van der Waals surface area contributed by atoms with E-state index in [1.165, 1.54) is 18.2 Å². The quantitative estimate of drug-likeness (QED) is 0.279. The fourth-order valence-corrected chi connectivity index (χ4v) is 3.80. The number of aromatic nitrogens is 1. The highest BCUT2D eigenvalue weighted by atomic mass is 32.1. The van der Waals surface area contributed by atoms with E-state index in [1.54, 1.807) is 17.4 Å². The van der Waals surface area contributed by atoms with Crippen molar-refractivity contribution in [3.05, 3.63) is 88.5 Å². The van der Waals surface area contributed by atoms with Gasteiger partial charge in [0.25, 0.3) is 5.69 Å². The molecular formula is C21H15N3O3S. The minimum absolute atomic E-state index is 0.0461. The van der Waals surface area contributed by atoms with Gasteiger partial charge in [-0.3, -0.25) is 14.9 Å². The number of carbonyl (C=O) groups excluding carboxylic acids is 1. The minimum Gasteiger partial charge on any atom is -0.378 e. The topological polar surface area (TPSA) is 85.1 Å². The molecule has 138 valence electrons. The smallest absolute Gasteiger partial charge is 0.270 e. The highest BCUT2D eigenvalue weighted by Gasteiger charge is 2.12. The predicted molar refractivity (Wildman–Crippen MR) is 111 cm³/mol. The van der Waals surface area contributed by atoms with Crippen molar-refractivity contribution in [2.45, 2.75) is 0 Å². The van der Waals surface area contributed by atoms with Crippen LogP contribution in [0.15, 0.2) is 72.8 Å². The standard InChI is InChI=1S/C21H15N3O3S/c25-19(14-5-4-8-17(12-14)24(26)27)13-22-16-7-3-6-15(11-16)21-23-18-9-1-2-10-20(18)28-21/h1-12,22H,13H2. The maximum absolute atomic E-state index is 12.4. The van der Waals surface area contributed by atoms with Gasteiger partial charge in [0.05, 0.1) is 21.7 Å².